The molecule has 3 nitrogen and oxygen atoms in total. The van der Waals surface area contributed by atoms with Crippen LogP contribution in [0.4, 0.5) is 48.3 Å². The molecule has 188 valence electrons. The number of halogens is 11. The van der Waals surface area contributed by atoms with Gasteiger partial charge in [-0.15, -0.1) is 0 Å². The van der Waals surface area contributed by atoms with Crippen LogP contribution in [0.1, 0.15) is 11.1 Å². The average molecular weight is 509 g/mol. The molecular formula is C20H14F11NO2. The Kier molecular flexibility index (Phi) is 7.55. The fourth-order valence-electron chi connectivity index (χ4n) is 2.64. The van der Waals surface area contributed by atoms with Gasteiger partial charge in [0.1, 0.15) is 0 Å². The van der Waals surface area contributed by atoms with Crippen molar-refractivity contribution in [3.8, 4) is 0 Å². The lowest BCUT2D eigenvalue weighted by Gasteiger charge is -2.36. The van der Waals surface area contributed by atoms with Crippen LogP contribution in [0.3, 0.4) is 0 Å². The molecule has 0 bridgehead atoms. The maximum Gasteiger partial charge on any atom is 0.462 e. The average Bonchev–Trinajstić information content (AvgIpc) is 2.72. The normalized spacial score (nSPS) is 15.0. The molecule has 2 aromatic rings. The summed E-state index contributed by atoms with van der Waals surface area (Å²) in [6.45, 7) is -1.72. The molecule has 0 aliphatic rings. The van der Waals surface area contributed by atoms with Crippen molar-refractivity contribution in [2.45, 2.75) is 43.3 Å². The summed E-state index contributed by atoms with van der Waals surface area (Å²) in [5.41, 5.74) is 0.118. The molecule has 0 radical (unpaired) electrons. The zero-order valence-corrected chi connectivity index (χ0v) is 16.6. The van der Waals surface area contributed by atoms with Crippen molar-refractivity contribution in [1.29, 1.82) is 0 Å². The van der Waals surface area contributed by atoms with Gasteiger partial charge in [0.25, 0.3) is 5.91 Å². The maximum atomic E-state index is 14.8. The first-order valence-electron chi connectivity index (χ1n) is 9.08. The van der Waals surface area contributed by atoms with E-state index in [1.54, 1.807) is 0 Å². The molecule has 0 heterocycles. The zero-order valence-electron chi connectivity index (χ0n) is 16.6. The standard InChI is InChI=1S/C20H14F11NO2/c21-16(18(24,25)26,34-20(30,31)17(22,23)19(27,28)29)15(33)32(11-13-7-3-1-4-8-13)12-14-9-5-2-6-10-14/h1-10H,11-12H2/t16-/m1/s1. The number of carbonyl (C=O) groups is 1. The molecule has 0 fully saturated rings. The lowest BCUT2D eigenvalue weighted by Crippen LogP contribution is -2.63. The van der Waals surface area contributed by atoms with E-state index < -0.39 is 49.2 Å². The van der Waals surface area contributed by atoms with Gasteiger partial charge in [0.05, 0.1) is 0 Å². The molecule has 0 aliphatic carbocycles. The number of carbonyl (C=O) groups excluding carboxylic acids is 1. The highest BCUT2D eigenvalue weighted by molar-refractivity contribution is 5.84. The Bertz CT molecular complexity index is 920. The van der Waals surface area contributed by atoms with Gasteiger partial charge in [-0.1, -0.05) is 60.7 Å². The second kappa shape index (κ2) is 9.39. The molecule has 0 N–H and O–H groups in total. The van der Waals surface area contributed by atoms with Gasteiger partial charge in [-0.2, -0.15) is 48.3 Å². The Hall–Kier alpha value is -2.90. The minimum atomic E-state index is -7.26. The molecule has 0 unspecified atom stereocenters. The topological polar surface area (TPSA) is 29.5 Å². The summed E-state index contributed by atoms with van der Waals surface area (Å²) in [5.74, 6) is -16.5. The molecule has 0 saturated carbocycles. The number of alkyl halides is 11. The summed E-state index contributed by atoms with van der Waals surface area (Å²) in [6.07, 6.45) is -21.0. The van der Waals surface area contributed by atoms with Gasteiger partial charge >= 0.3 is 30.2 Å². The molecule has 2 rings (SSSR count). The lowest BCUT2D eigenvalue weighted by atomic mass is 10.1. The van der Waals surface area contributed by atoms with Crippen molar-refractivity contribution < 1.29 is 57.8 Å². The van der Waals surface area contributed by atoms with Crippen molar-refractivity contribution in [3.05, 3.63) is 71.8 Å². The SMILES string of the molecule is O=C(N(Cc1ccccc1)Cc1ccccc1)[C@@](F)(OC(F)(F)C(F)(F)C(F)(F)F)C(F)(F)F. The second-order valence-corrected chi connectivity index (χ2v) is 6.92. The van der Waals surface area contributed by atoms with Gasteiger partial charge in [0.15, 0.2) is 0 Å². The molecule has 1 atom stereocenters. The quantitative estimate of drug-likeness (QED) is 0.394. The van der Waals surface area contributed by atoms with Crippen LogP contribution in [-0.2, 0) is 22.6 Å². The molecule has 0 aromatic heterocycles. The third kappa shape index (κ3) is 5.59. The first kappa shape index (κ1) is 27.3. The van der Waals surface area contributed by atoms with E-state index in [0.717, 1.165) is 0 Å². The van der Waals surface area contributed by atoms with E-state index in [1.807, 2.05) is 0 Å². The van der Waals surface area contributed by atoms with E-state index in [9.17, 15) is 53.1 Å². The van der Waals surface area contributed by atoms with Crippen LogP contribution in [0.5, 0.6) is 0 Å². The third-order valence-corrected chi connectivity index (χ3v) is 4.35. The van der Waals surface area contributed by atoms with E-state index >= 15 is 0 Å². The minimum Gasteiger partial charge on any atom is -0.329 e. The van der Waals surface area contributed by atoms with E-state index in [-0.39, 0.29) is 16.0 Å². The van der Waals surface area contributed by atoms with E-state index in [0.29, 0.717) is 0 Å². The first-order chi connectivity index (χ1) is 15.4. The fourth-order valence-corrected chi connectivity index (χ4v) is 2.64. The first-order valence-corrected chi connectivity index (χ1v) is 9.08. The Morgan fingerprint density at radius 3 is 1.35 bits per heavy atom. The van der Waals surface area contributed by atoms with Crippen LogP contribution >= 0.6 is 0 Å². The molecule has 0 aliphatic heterocycles. The number of hydrogen-bond acceptors (Lipinski definition) is 2. The predicted molar refractivity (Wildman–Crippen MR) is 94.1 cm³/mol. The highest BCUT2D eigenvalue weighted by atomic mass is 19.4. The van der Waals surface area contributed by atoms with Crippen LogP contribution in [0.25, 0.3) is 0 Å². The van der Waals surface area contributed by atoms with E-state index in [1.165, 1.54) is 60.7 Å². The maximum absolute atomic E-state index is 14.8. The number of amides is 1. The van der Waals surface area contributed by atoms with Crippen LogP contribution in [-0.4, -0.2) is 41.0 Å². The monoisotopic (exact) mass is 509 g/mol. The van der Waals surface area contributed by atoms with Crippen molar-refractivity contribution in [1.82, 2.24) is 4.90 Å². The summed E-state index contributed by atoms with van der Waals surface area (Å²) >= 11 is 0. The number of ether oxygens (including phenoxy) is 1. The highest BCUT2D eigenvalue weighted by Gasteiger charge is 2.80. The Balaban J connectivity index is 2.53. The van der Waals surface area contributed by atoms with Gasteiger partial charge in [0, 0.05) is 13.1 Å². The van der Waals surface area contributed by atoms with Crippen molar-refractivity contribution in [2.75, 3.05) is 0 Å². The number of benzene rings is 2. The summed E-state index contributed by atoms with van der Waals surface area (Å²) in [6, 6.07) is 13.4. The lowest BCUT2D eigenvalue weighted by molar-refractivity contribution is -0.473. The Labute approximate surface area is 184 Å². The Morgan fingerprint density at radius 1 is 0.647 bits per heavy atom. The largest absolute Gasteiger partial charge is 0.462 e. The molecular weight excluding hydrogens is 495 g/mol. The fraction of sp³-hybridized carbons (Fsp3) is 0.350. The smallest absolute Gasteiger partial charge is 0.329 e. The molecule has 0 spiro atoms. The van der Waals surface area contributed by atoms with Crippen LogP contribution in [0.2, 0.25) is 0 Å². The zero-order chi connectivity index (χ0) is 26.0. The summed E-state index contributed by atoms with van der Waals surface area (Å²) in [7, 11) is 0. The summed E-state index contributed by atoms with van der Waals surface area (Å²) in [5, 5.41) is 0. The summed E-state index contributed by atoms with van der Waals surface area (Å²) in [4.78, 5) is 12.5. The number of nitrogens with zero attached hydrogens (tertiary/aromatic N) is 1. The molecule has 1 amide bonds. The summed E-state index contributed by atoms with van der Waals surface area (Å²) < 4.78 is 148. The van der Waals surface area contributed by atoms with Gasteiger partial charge in [-0.05, 0) is 11.1 Å². The van der Waals surface area contributed by atoms with Gasteiger partial charge in [-0.3, -0.25) is 9.53 Å². The van der Waals surface area contributed by atoms with Crippen LogP contribution < -0.4 is 0 Å². The molecule has 0 saturated heterocycles. The minimum absolute atomic E-state index is 0.0000317. The number of hydrogen-bond donors (Lipinski definition) is 0. The number of rotatable bonds is 8. The van der Waals surface area contributed by atoms with E-state index in [2.05, 4.69) is 4.74 Å². The van der Waals surface area contributed by atoms with E-state index in [4.69, 9.17) is 0 Å². The van der Waals surface area contributed by atoms with Crippen molar-refractivity contribution in [3.63, 3.8) is 0 Å². The van der Waals surface area contributed by atoms with Crippen LogP contribution in [0, 0.1) is 0 Å². The second-order valence-electron chi connectivity index (χ2n) is 6.92. The van der Waals surface area contributed by atoms with Gasteiger partial charge in [-0.25, -0.2) is 0 Å². The van der Waals surface area contributed by atoms with Gasteiger partial charge in [0.2, 0.25) is 0 Å². The van der Waals surface area contributed by atoms with Crippen LogP contribution in [0.15, 0.2) is 60.7 Å². The third-order valence-electron chi connectivity index (χ3n) is 4.35. The van der Waals surface area contributed by atoms with Gasteiger partial charge < -0.3 is 4.90 Å². The Morgan fingerprint density at radius 2 is 1.03 bits per heavy atom. The molecule has 14 heteroatoms. The van der Waals surface area contributed by atoms with Crippen molar-refractivity contribution >= 4 is 5.91 Å². The molecule has 2 aromatic carbocycles. The molecule has 34 heavy (non-hydrogen) atoms. The highest BCUT2D eigenvalue weighted by Crippen LogP contribution is 2.51. The predicted octanol–water partition coefficient (Wildman–Crippen LogP) is 6.25. The van der Waals surface area contributed by atoms with Crippen molar-refractivity contribution in [2.24, 2.45) is 0 Å².